The monoisotopic (exact) mass is 1690 g/mol. The molecule has 0 aliphatic heterocycles. The summed E-state index contributed by atoms with van der Waals surface area (Å²) in [5, 5.41) is 62.8. The molecule has 0 aliphatic carbocycles. The summed E-state index contributed by atoms with van der Waals surface area (Å²) in [5.74, 6) is -8.05. The Labute approximate surface area is 697 Å². The summed E-state index contributed by atoms with van der Waals surface area (Å²) in [6.45, 7) is 5.43. The van der Waals surface area contributed by atoms with E-state index in [9.17, 15) is 82.4 Å². The third-order valence-electron chi connectivity index (χ3n) is 18.6. The highest BCUT2D eigenvalue weighted by Crippen LogP contribution is 2.21. The maximum absolute atomic E-state index is 12.9. The van der Waals surface area contributed by atoms with E-state index in [4.69, 9.17) is 57.6 Å². The van der Waals surface area contributed by atoms with Crippen molar-refractivity contribution >= 4 is 82.6 Å². The molecule has 0 radical (unpaired) electrons. The molecule has 0 bridgehead atoms. The van der Waals surface area contributed by atoms with E-state index in [0.717, 1.165) is 77.0 Å². The standard InChI is InChI=1S/C84H132N6O29/c1-63(22-14-16-40-85-77(97)60-115-55-51-111-45-21-25-68(92)59-114-54-52-112-48-42-87-74(94)39-38-72(84(108)109)90-76(96)27-13-9-5-3-7-11-19-47-119-70-35-30-65(31-36-70)81(102)103)73(93)58-66(82(104)105)23-15-17-41-86-78(98)61-117-57-53-113-49-43-88-79(99)62-116-56-50-110-44-20-24-67(91)32-37-71(83(106)107)89-75(95)26-12-8-4-2-6-10-18-46-118-69-33-28-64(29-34-69)80(100)101/h28-31,33-36,63,66,71-72H,2-27,32,37-62H2,1H3,(H,85,97)(H,86,98)(H,87,94)(H,88,99)(H,89,95)(H,90,96)(H,100,101)(H,102,103)(H,104,105)(H,106,107)(H,108,109)/t63-,66+,71-,72-/m0/s1. The van der Waals surface area contributed by atoms with Crippen LogP contribution in [0.2, 0.25) is 0 Å². The molecule has 0 fully saturated rings. The zero-order valence-corrected chi connectivity index (χ0v) is 69.4. The lowest BCUT2D eigenvalue weighted by Crippen LogP contribution is -2.41. The Hall–Kier alpha value is -9.10. The molecule has 11 N–H and O–H groups in total. The molecule has 0 unspecified atom stereocenters. The second kappa shape index (κ2) is 70.7. The Morgan fingerprint density at radius 1 is 0.294 bits per heavy atom. The van der Waals surface area contributed by atoms with Crippen LogP contribution >= 0.6 is 0 Å². The van der Waals surface area contributed by atoms with Gasteiger partial charge in [0.15, 0.2) is 5.78 Å². The molecular formula is C84H132N6O29. The number of unbranched alkanes of at least 4 members (excludes halogenated alkanes) is 14. The van der Waals surface area contributed by atoms with Crippen molar-refractivity contribution in [2.24, 2.45) is 11.8 Å². The number of hydrogen-bond acceptors (Lipinski definition) is 24. The molecule has 672 valence electrons. The molecule has 6 amide bonds. The summed E-state index contributed by atoms with van der Waals surface area (Å²) >= 11 is 0. The molecular weight excluding hydrogens is 1560 g/mol. The van der Waals surface area contributed by atoms with Gasteiger partial charge in [0, 0.05) is 90.3 Å². The minimum Gasteiger partial charge on any atom is -0.494 e. The number of carbonyl (C=O) groups excluding carboxylic acids is 9. The van der Waals surface area contributed by atoms with Crippen molar-refractivity contribution in [3.63, 3.8) is 0 Å². The summed E-state index contributed by atoms with van der Waals surface area (Å²) in [7, 11) is 0. The van der Waals surface area contributed by atoms with Crippen LogP contribution in [0.1, 0.15) is 227 Å². The Kier molecular flexibility index (Phi) is 63.0. The van der Waals surface area contributed by atoms with Crippen molar-refractivity contribution in [2.75, 3.05) is 145 Å². The number of Topliss-reactive ketones (excluding diaryl/α,β-unsaturated/α-hetero) is 3. The zero-order valence-electron chi connectivity index (χ0n) is 69.4. The van der Waals surface area contributed by atoms with Crippen LogP contribution in [0, 0.1) is 11.8 Å². The number of aliphatic carboxylic acids is 3. The van der Waals surface area contributed by atoms with Crippen molar-refractivity contribution in [3.05, 3.63) is 59.7 Å². The maximum Gasteiger partial charge on any atom is 0.335 e. The van der Waals surface area contributed by atoms with Crippen molar-refractivity contribution in [3.8, 4) is 11.5 Å². The highest BCUT2D eigenvalue weighted by molar-refractivity contribution is 5.89. The topological polar surface area (TPSA) is 505 Å². The minimum atomic E-state index is -1.22. The van der Waals surface area contributed by atoms with Crippen LogP contribution in [-0.4, -0.2) is 265 Å². The van der Waals surface area contributed by atoms with Crippen LogP contribution in [-0.2, 0) is 95.4 Å². The largest absolute Gasteiger partial charge is 0.494 e. The van der Waals surface area contributed by atoms with E-state index < -0.39 is 47.8 Å². The SMILES string of the molecule is C[C@@H](CCCCNC(=O)COCCOCCCC(=O)COCCOCCNC(=O)CC[C@H](NC(=O)CCCCCCCCCOc1ccc(C(=O)O)cc1)C(=O)O)C(=O)C[C@@H](CCCCNC(=O)COCCOCCNC(=O)COCCOCCCC(=O)CC[C@H](NC(=O)CCCCCCCCCOc1ccc(C(=O)O)cc1)C(=O)O)C(=O)O. The van der Waals surface area contributed by atoms with E-state index in [1.54, 1.807) is 31.2 Å². The lowest BCUT2D eigenvalue weighted by Gasteiger charge is -2.15. The van der Waals surface area contributed by atoms with Gasteiger partial charge in [-0.25, -0.2) is 19.2 Å². The van der Waals surface area contributed by atoms with Gasteiger partial charge in [0.1, 0.15) is 61.6 Å². The summed E-state index contributed by atoms with van der Waals surface area (Å²) < 4.78 is 54.6. The van der Waals surface area contributed by atoms with Crippen molar-refractivity contribution in [1.82, 2.24) is 31.9 Å². The van der Waals surface area contributed by atoms with Crippen LogP contribution in [0.25, 0.3) is 0 Å². The summed E-state index contributed by atoms with van der Waals surface area (Å²) in [6.07, 6.45) is 16.8. The van der Waals surface area contributed by atoms with Crippen LogP contribution in [0.15, 0.2) is 48.5 Å². The molecule has 0 saturated carbocycles. The Morgan fingerprint density at radius 2 is 0.655 bits per heavy atom. The van der Waals surface area contributed by atoms with Gasteiger partial charge in [0.2, 0.25) is 35.4 Å². The number of hydrogen-bond donors (Lipinski definition) is 11. The van der Waals surface area contributed by atoms with Crippen LogP contribution in [0.3, 0.4) is 0 Å². The molecule has 35 heteroatoms. The highest BCUT2D eigenvalue weighted by atomic mass is 16.5. The van der Waals surface area contributed by atoms with Crippen LogP contribution < -0.4 is 41.4 Å². The van der Waals surface area contributed by atoms with E-state index in [0.29, 0.717) is 102 Å². The lowest BCUT2D eigenvalue weighted by molar-refractivity contribution is -0.144. The number of amides is 6. The van der Waals surface area contributed by atoms with Gasteiger partial charge < -0.3 is 105 Å². The molecule has 0 aliphatic rings. The number of benzene rings is 2. The zero-order chi connectivity index (χ0) is 87.1. The van der Waals surface area contributed by atoms with Gasteiger partial charge in [-0.15, -0.1) is 0 Å². The van der Waals surface area contributed by atoms with Crippen molar-refractivity contribution in [2.45, 2.75) is 218 Å². The van der Waals surface area contributed by atoms with Gasteiger partial charge >= 0.3 is 29.8 Å². The molecule has 119 heavy (non-hydrogen) atoms. The first-order chi connectivity index (χ1) is 57.4. The molecule has 0 aromatic heterocycles. The predicted octanol–water partition coefficient (Wildman–Crippen LogP) is 7.41. The van der Waals surface area contributed by atoms with Gasteiger partial charge in [-0.1, -0.05) is 84.0 Å². The molecule has 2 aromatic carbocycles. The molecule has 0 saturated heterocycles. The minimum absolute atomic E-state index is 0.00561. The fraction of sp³-hybridized carbons (Fsp3) is 0.690. The first-order valence-corrected chi connectivity index (χ1v) is 41.9. The Bertz CT molecular complexity index is 3220. The van der Waals surface area contributed by atoms with Crippen molar-refractivity contribution < 1.29 is 140 Å². The van der Waals surface area contributed by atoms with E-state index in [1.165, 1.54) is 24.3 Å². The Morgan fingerprint density at radius 3 is 1.08 bits per heavy atom. The number of ether oxygens (including phenoxy) is 10. The second-order valence-electron chi connectivity index (χ2n) is 28.7. The number of nitrogens with one attached hydrogen (secondary N) is 6. The van der Waals surface area contributed by atoms with E-state index in [2.05, 4.69) is 31.9 Å². The number of carbonyl (C=O) groups is 14. The lowest BCUT2D eigenvalue weighted by atomic mass is 9.89. The normalized spacial score (nSPS) is 12.1. The fourth-order valence-corrected chi connectivity index (χ4v) is 11.7. The molecule has 4 atom stereocenters. The third-order valence-corrected chi connectivity index (χ3v) is 18.6. The second-order valence-corrected chi connectivity index (χ2v) is 28.7. The maximum atomic E-state index is 12.9. The smallest absolute Gasteiger partial charge is 0.335 e. The number of ketones is 3. The number of rotatable bonds is 82. The molecule has 35 nitrogen and oxygen atoms in total. The number of aromatic carboxylic acids is 2. The molecule has 2 aromatic rings. The van der Waals surface area contributed by atoms with Gasteiger partial charge in [0.25, 0.3) is 0 Å². The van der Waals surface area contributed by atoms with E-state index in [1.807, 2.05) is 0 Å². The summed E-state index contributed by atoms with van der Waals surface area (Å²) in [5.41, 5.74) is 0.405. The summed E-state index contributed by atoms with van der Waals surface area (Å²) in [6, 6.07) is 10.2. The first kappa shape index (κ1) is 106. The predicted molar refractivity (Wildman–Crippen MR) is 434 cm³/mol. The third kappa shape index (κ3) is 60.9. The average Bonchev–Trinajstić information content (AvgIpc) is 0.889. The summed E-state index contributed by atoms with van der Waals surface area (Å²) in [4.78, 5) is 169. The molecule has 2 rings (SSSR count). The Balaban J connectivity index is 1.33. The highest BCUT2D eigenvalue weighted by Gasteiger charge is 2.26. The van der Waals surface area contributed by atoms with E-state index in [-0.39, 0.29) is 246 Å². The van der Waals surface area contributed by atoms with Gasteiger partial charge in [0.05, 0.1) is 96.3 Å². The molecule has 0 heterocycles. The van der Waals surface area contributed by atoms with Gasteiger partial charge in [-0.3, -0.25) is 47.9 Å². The molecule has 0 spiro atoms. The van der Waals surface area contributed by atoms with Crippen molar-refractivity contribution in [1.29, 1.82) is 0 Å². The average molecular weight is 1690 g/mol. The van der Waals surface area contributed by atoms with Crippen LogP contribution in [0.4, 0.5) is 0 Å². The fourth-order valence-electron chi connectivity index (χ4n) is 11.7. The first-order valence-electron chi connectivity index (χ1n) is 41.9. The van der Waals surface area contributed by atoms with E-state index >= 15 is 0 Å². The number of carboxylic acid groups (broad SMARTS) is 5. The van der Waals surface area contributed by atoms with Crippen LogP contribution in [0.5, 0.6) is 11.5 Å². The quantitative estimate of drug-likeness (QED) is 0.0287. The number of carboxylic acids is 5. The van der Waals surface area contributed by atoms with Gasteiger partial charge in [-0.05, 0) is 126 Å². The van der Waals surface area contributed by atoms with Gasteiger partial charge in [-0.2, -0.15) is 0 Å².